The number of hydrogen-bond donors (Lipinski definition) is 1. The van der Waals surface area contributed by atoms with Crippen LogP contribution in [0.15, 0.2) is 15.9 Å². The average Bonchev–Trinajstić information content (AvgIpc) is 2.72. The van der Waals surface area contributed by atoms with E-state index in [4.69, 9.17) is 5.26 Å². The monoisotopic (exact) mass is 298 g/mol. The molecule has 1 aromatic heterocycles. The van der Waals surface area contributed by atoms with Gasteiger partial charge in [-0.1, -0.05) is 12.8 Å². The fourth-order valence-corrected chi connectivity index (χ4v) is 3.65. The quantitative estimate of drug-likeness (QED) is 0.924. The number of thiophene rings is 1. The predicted octanol–water partition coefficient (Wildman–Crippen LogP) is 3.68. The number of nitrogens with zero attached hydrogens (tertiary/aromatic N) is 1. The molecule has 0 radical (unpaired) electrons. The molecule has 2 atom stereocenters. The fraction of sp³-hybridized carbons (Fsp3) is 0.583. The van der Waals surface area contributed by atoms with Gasteiger partial charge in [-0.25, -0.2) is 0 Å². The molecule has 1 aliphatic rings. The molecule has 0 aliphatic heterocycles. The molecular weight excluding hydrogens is 284 g/mol. The van der Waals surface area contributed by atoms with Crippen LogP contribution in [0, 0.1) is 17.2 Å². The van der Waals surface area contributed by atoms with E-state index in [1.54, 1.807) is 11.3 Å². The highest BCUT2D eigenvalue weighted by Crippen LogP contribution is 2.26. The summed E-state index contributed by atoms with van der Waals surface area (Å²) in [4.78, 5) is 1.32. The van der Waals surface area contributed by atoms with Crippen molar-refractivity contribution in [3.63, 3.8) is 0 Å². The summed E-state index contributed by atoms with van der Waals surface area (Å²) in [6, 6.07) is 4.88. The lowest BCUT2D eigenvalue weighted by Crippen LogP contribution is -2.37. The van der Waals surface area contributed by atoms with Gasteiger partial charge >= 0.3 is 0 Å². The Morgan fingerprint density at radius 2 is 2.31 bits per heavy atom. The summed E-state index contributed by atoms with van der Waals surface area (Å²) in [5.74, 6) is 0.201. The molecule has 0 aromatic carbocycles. The molecule has 0 saturated heterocycles. The van der Waals surface area contributed by atoms with E-state index in [0.717, 1.165) is 19.4 Å². The molecule has 4 heteroatoms. The highest BCUT2D eigenvalue weighted by atomic mass is 79.9. The van der Waals surface area contributed by atoms with Crippen molar-refractivity contribution in [1.29, 1.82) is 5.26 Å². The molecule has 1 N–H and O–H groups in total. The zero-order chi connectivity index (χ0) is 11.4. The summed E-state index contributed by atoms with van der Waals surface area (Å²) < 4.78 is 1.18. The predicted molar refractivity (Wildman–Crippen MR) is 70.2 cm³/mol. The van der Waals surface area contributed by atoms with Gasteiger partial charge in [-0.2, -0.15) is 5.26 Å². The SMILES string of the molecule is N#CC1CCCCC1NCc1sccc1Br. The van der Waals surface area contributed by atoms with Crippen LogP contribution in [0.1, 0.15) is 30.6 Å². The first kappa shape index (κ1) is 12.1. The van der Waals surface area contributed by atoms with E-state index in [-0.39, 0.29) is 5.92 Å². The maximum atomic E-state index is 9.08. The van der Waals surface area contributed by atoms with E-state index in [2.05, 4.69) is 38.8 Å². The minimum atomic E-state index is 0.201. The number of nitrogens with one attached hydrogen (secondary N) is 1. The van der Waals surface area contributed by atoms with Crippen LogP contribution < -0.4 is 5.32 Å². The number of halogens is 1. The molecule has 2 rings (SSSR count). The van der Waals surface area contributed by atoms with Gasteiger partial charge in [-0.15, -0.1) is 11.3 Å². The van der Waals surface area contributed by atoms with Gasteiger partial charge in [0.2, 0.25) is 0 Å². The molecule has 1 aliphatic carbocycles. The van der Waals surface area contributed by atoms with Crippen molar-refractivity contribution in [1.82, 2.24) is 5.32 Å². The molecular formula is C12H15BrN2S. The topological polar surface area (TPSA) is 35.8 Å². The number of rotatable bonds is 3. The van der Waals surface area contributed by atoms with E-state index >= 15 is 0 Å². The van der Waals surface area contributed by atoms with Crippen LogP contribution in [-0.2, 0) is 6.54 Å². The lowest BCUT2D eigenvalue weighted by Gasteiger charge is -2.27. The van der Waals surface area contributed by atoms with Crippen LogP contribution in [0.2, 0.25) is 0 Å². The maximum absolute atomic E-state index is 9.08. The molecule has 0 amide bonds. The average molecular weight is 299 g/mol. The Bertz CT molecular complexity index is 383. The first-order chi connectivity index (χ1) is 7.81. The normalized spacial score (nSPS) is 25.2. The van der Waals surface area contributed by atoms with Gasteiger partial charge in [0.05, 0.1) is 12.0 Å². The van der Waals surface area contributed by atoms with E-state index in [0.29, 0.717) is 6.04 Å². The zero-order valence-corrected chi connectivity index (χ0v) is 11.5. The number of nitriles is 1. The van der Waals surface area contributed by atoms with Crippen molar-refractivity contribution in [2.24, 2.45) is 5.92 Å². The lowest BCUT2D eigenvalue weighted by atomic mass is 9.85. The molecule has 2 nitrogen and oxygen atoms in total. The first-order valence-corrected chi connectivity index (χ1v) is 7.33. The van der Waals surface area contributed by atoms with Gasteiger partial charge in [-0.05, 0) is 40.2 Å². The molecule has 1 fully saturated rings. The van der Waals surface area contributed by atoms with Crippen LogP contribution in [0.25, 0.3) is 0 Å². The fourth-order valence-electron chi connectivity index (χ4n) is 2.20. The summed E-state index contributed by atoms with van der Waals surface area (Å²) in [5.41, 5.74) is 0. The second-order valence-electron chi connectivity index (χ2n) is 4.20. The number of hydrogen-bond acceptors (Lipinski definition) is 3. The Morgan fingerprint density at radius 3 is 3.00 bits per heavy atom. The van der Waals surface area contributed by atoms with Crippen LogP contribution in [0.3, 0.4) is 0 Å². The van der Waals surface area contributed by atoms with Gasteiger partial charge in [0.15, 0.2) is 0 Å². The van der Waals surface area contributed by atoms with Gasteiger partial charge in [0.1, 0.15) is 0 Å². The maximum Gasteiger partial charge on any atom is 0.0672 e. The highest BCUT2D eigenvalue weighted by Gasteiger charge is 2.24. The second-order valence-corrected chi connectivity index (χ2v) is 6.05. The Hall–Kier alpha value is -0.370. The minimum absolute atomic E-state index is 0.201. The van der Waals surface area contributed by atoms with E-state index < -0.39 is 0 Å². The van der Waals surface area contributed by atoms with Crippen molar-refractivity contribution in [3.05, 3.63) is 20.8 Å². The third-order valence-corrected chi connectivity index (χ3v) is 5.07. The Kier molecular flexibility index (Phi) is 4.39. The van der Waals surface area contributed by atoms with Crippen LogP contribution in [0.4, 0.5) is 0 Å². The highest BCUT2D eigenvalue weighted by molar-refractivity contribution is 9.10. The third kappa shape index (κ3) is 2.85. The molecule has 0 bridgehead atoms. The van der Waals surface area contributed by atoms with Gasteiger partial charge in [0.25, 0.3) is 0 Å². The second kappa shape index (κ2) is 5.81. The molecule has 16 heavy (non-hydrogen) atoms. The van der Waals surface area contributed by atoms with Crippen molar-refractivity contribution in [3.8, 4) is 6.07 Å². The van der Waals surface area contributed by atoms with E-state index in [1.165, 1.54) is 22.2 Å². The summed E-state index contributed by atoms with van der Waals surface area (Å²) >= 11 is 5.28. The standard InChI is InChI=1S/C12H15BrN2S/c13-10-5-6-16-12(10)8-15-11-4-2-1-3-9(11)7-14/h5-6,9,11,15H,1-4,8H2. The molecule has 86 valence electrons. The minimum Gasteiger partial charge on any atom is -0.308 e. The summed E-state index contributed by atoms with van der Waals surface area (Å²) in [5, 5.41) is 14.7. The van der Waals surface area contributed by atoms with Gasteiger partial charge in [-0.3, -0.25) is 0 Å². The van der Waals surface area contributed by atoms with Crippen molar-refractivity contribution >= 4 is 27.3 Å². The Labute approximate surface area is 109 Å². The van der Waals surface area contributed by atoms with E-state index in [9.17, 15) is 0 Å². The summed E-state index contributed by atoms with van der Waals surface area (Å²) in [6.45, 7) is 0.876. The van der Waals surface area contributed by atoms with Crippen molar-refractivity contribution in [2.45, 2.75) is 38.3 Å². The lowest BCUT2D eigenvalue weighted by molar-refractivity contribution is 0.312. The Morgan fingerprint density at radius 1 is 1.50 bits per heavy atom. The van der Waals surface area contributed by atoms with Crippen molar-refractivity contribution in [2.75, 3.05) is 0 Å². The van der Waals surface area contributed by atoms with E-state index in [1.807, 2.05) is 0 Å². The third-order valence-electron chi connectivity index (χ3n) is 3.15. The Balaban J connectivity index is 1.89. The zero-order valence-electron chi connectivity index (χ0n) is 9.08. The van der Waals surface area contributed by atoms with Crippen molar-refractivity contribution < 1.29 is 0 Å². The summed E-state index contributed by atoms with van der Waals surface area (Å²) in [6.07, 6.45) is 4.65. The molecule has 1 heterocycles. The largest absolute Gasteiger partial charge is 0.308 e. The molecule has 2 unspecified atom stereocenters. The first-order valence-electron chi connectivity index (χ1n) is 5.66. The van der Waals surface area contributed by atoms with Gasteiger partial charge < -0.3 is 5.32 Å². The van der Waals surface area contributed by atoms with Crippen LogP contribution >= 0.6 is 27.3 Å². The molecule has 0 spiro atoms. The molecule has 1 saturated carbocycles. The molecule has 1 aromatic rings. The summed E-state index contributed by atoms with van der Waals surface area (Å²) in [7, 11) is 0. The smallest absolute Gasteiger partial charge is 0.0672 e. The van der Waals surface area contributed by atoms with Crippen LogP contribution in [-0.4, -0.2) is 6.04 Å². The van der Waals surface area contributed by atoms with Gasteiger partial charge in [0, 0.05) is 21.9 Å². The van der Waals surface area contributed by atoms with Crippen LogP contribution in [0.5, 0.6) is 0 Å².